The summed E-state index contributed by atoms with van der Waals surface area (Å²) in [6.45, 7) is 6.27. The van der Waals surface area contributed by atoms with Crippen molar-refractivity contribution in [2.24, 2.45) is 0 Å². The van der Waals surface area contributed by atoms with E-state index in [0.29, 0.717) is 11.6 Å². The van der Waals surface area contributed by atoms with Crippen molar-refractivity contribution in [3.63, 3.8) is 0 Å². The van der Waals surface area contributed by atoms with Crippen molar-refractivity contribution in [1.29, 1.82) is 0 Å². The summed E-state index contributed by atoms with van der Waals surface area (Å²) in [6, 6.07) is 6.31. The Morgan fingerprint density at radius 3 is 2.75 bits per heavy atom. The lowest BCUT2D eigenvalue weighted by molar-refractivity contribution is 0.0696. The van der Waals surface area contributed by atoms with Crippen LogP contribution in [0.5, 0.6) is 5.75 Å². The molecule has 0 saturated carbocycles. The Kier molecular flexibility index (Phi) is 3.79. The fourth-order valence-electron chi connectivity index (χ4n) is 1.59. The molecular weight excluding hydrogens is 258 g/mol. The number of rotatable bonds is 4. The number of carboxylic acids is 1. The third-order valence-electron chi connectivity index (χ3n) is 2.74. The maximum Gasteiger partial charge on any atom is 0.335 e. The molecule has 20 heavy (non-hydrogen) atoms. The second kappa shape index (κ2) is 5.36. The van der Waals surface area contributed by atoms with E-state index in [9.17, 15) is 4.79 Å². The molecule has 0 saturated heterocycles. The highest BCUT2D eigenvalue weighted by molar-refractivity contribution is 5.87. The van der Waals surface area contributed by atoms with Gasteiger partial charge in [-0.3, -0.25) is 0 Å². The first-order valence-electron chi connectivity index (χ1n) is 6.27. The maximum absolute atomic E-state index is 10.9. The van der Waals surface area contributed by atoms with Gasteiger partial charge in [0.2, 0.25) is 5.89 Å². The Morgan fingerprint density at radius 1 is 1.40 bits per heavy atom. The summed E-state index contributed by atoms with van der Waals surface area (Å²) in [7, 11) is 0. The zero-order valence-electron chi connectivity index (χ0n) is 11.7. The predicted molar refractivity (Wildman–Crippen MR) is 72.9 cm³/mol. The van der Waals surface area contributed by atoms with Crippen LogP contribution < -0.4 is 4.74 Å². The van der Waals surface area contributed by atoms with E-state index in [1.165, 1.54) is 12.1 Å². The second-order valence-corrected chi connectivity index (χ2v) is 5.49. The van der Waals surface area contributed by atoms with Crippen LogP contribution in [0.25, 0.3) is 0 Å². The van der Waals surface area contributed by atoms with E-state index in [0.717, 1.165) is 5.76 Å². The largest absolute Gasteiger partial charge is 0.484 e. The molecule has 1 aromatic heterocycles. The molecule has 106 valence electrons. The fraction of sp³-hybridized carbons (Fsp3) is 0.333. The van der Waals surface area contributed by atoms with E-state index in [1.807, 2.05) is 20.8 Å². The van der Waals surface area contributed by atoms with Gasteiger partial charge in [-0.15, -0.1) is 0 Å². The van der Waals surface area contributed by atoms with Crippen molar-refractivity contribution in [1.82, 2.24) is 4.98 Å². The van der Waals surface area contributed by atoms with Crippen LogP contribution in [0.3, 0.4) is 0 Å². The predicted octanol–water partition coefficient (Wildman–Crippen LogP) is 3.25. The molecule has 5 heteroatoms. The van der Waals surface area contributed by atoms with Gasteiger partial charge in [0.1, 0.15) is 11.5 Å². The van der Waals surface area contributed by atoms with Gasteiger partial charge in [0, 0.05) is 5.41 Å². The molecule has 0 unspecified atom stereocenters. The molecule has 1 heterocycles. The second-order valence-electron chi connectivity index (χ2n) is 5.49. The quantitative estimate of drug-likeness (QED) is 0.927. The van der Waals surface area contributed by atoms with E-state index in [4.69, 9.17) is 14.3 Å². The van der Waals surface area contributed by atoms with Gasteiger partial charge in [-0.1, -0.05) is 26.8 Å². The fourth-order valence-corrected chi connectivity index (χ4v) is 1.59. The molecule has 0 fully saturated rings. The van der Waals surface area contributed by atoms with Gasteiger partial charge in [0.15, 0.2) is 6.61 Å². The number of nitrogens with zero attached hydrogens (tertiary/aromatic N) is 1. The molecule has 0 spiro atoms. The minimum absolute atomic E-state index is 0.103. The van der Waals surface area contributed by atoms with Crippen molar-refractivity contribution in [2.45, 2.75) is 32.8 Å². The first-order valence-corrected chi connectivity index (χ1v) is 6.27. The number of hydrogen-bond acceptors (Lipinski definition) is 4. The lowest BCUT2D eigenvalue weighted by atomic mass is 9.94. The average Bonchev–Trinajstić information content (AvgIpc) is 2.85. The highest BCUT2D eigenvalue weighted by Crippen LogP contribution is 2.23. The van der Waals surface area contributed by atoms with E-state index < -0.39 is 5.97 Å². The monoisotopic (exact) mass is 275 g/mol. The van der Waals surface area contributed by atoms with Gasteiger partial charge in [0.25, 0.3) is 0 Å². The molecule has 0 amide bonds. The highest BCUT2D eigenvalue weighted by Gasteiger charge is 2.19. The maximum atomic E-state index is 10.9. The van der Waals surface area contributed by atoms with E-state index >= 15 is 0 Å². The molecule has 0 aliphatic heterocycles. The smallest absolute Gasteiger partial charge is 0.335 e. The van der Waals surface area contributed by atoms with Crippen LogP contribution in [-0.4, -0.2) is 16.1 Å². The minimum Gasteiger partial charge on any atom is -0.484 e. The number of benzene rings is 1. The Hall–Kier alpha value is -2.30. The molecule has 0 radical (unpaired) electrons. The number of carbonyl (C=O) groups is 1. The van der Waals surface area contributed by atoms with Crippen molar-refractivity contribution in [3.05, 3.63) is 47.7 Å². The van der Waals surface area contributed by atoms with Crippen LogP contribution >= 0.6 is 0 Å². The zero-order valence-corrected chi connectivity index (χ0v) is 11.7. The van der Waals surface area contributed by atoms with Gasteiger partial charge >= 0.3 is 5.97 Å². The zero-order chi connectivity index (χ0) is 14.8. The highest BCUT2D eigenvalue weighted by atomic mass is 16.5. The number of hydrogen-bond donors (Lipinski definition) is 1. The summed E-state index contributed by atoms with van der Waals surface area (Å²) in [4.78, 5) is 15.0. The lowest BCUT2D eigenvalue weighted by Crippen LogP contribution is -2.09. The number of ether oxygens (including phenoxy) is 1. The number of aromatic nitrogens is 1. The van der Waals surface area contributed by atoms with Gasteiger partial charge in [-0.2, -0.15) is 0 Å². The number of carboxylic acid groups (broad SMARTS) is 1. The number of aromatic carboxylic acids is 1. The Balaban J connectivity index is 2.04. The molecule has 2 aromatic rings. The minimum atomic E-state index is -0.985. The molecule has 0 aliphatic rings. The summed E-state index contributed by atoms with van der Waals surface area (Å²) in [5.41, 5.74) is 0.0827. The molecule has 5 nitrogen and oxygen atoms in total. The van der Waals surface area contributed by atoms with Gasteiger partial charge < -0.3 is 14.3 Å². The molecule has 0 atom stereocenters. The van der Waals surface area contributed by atoms with Crippen LogP contribution in [0.1, 0.15) is 42.8 Å². The van der Waals surface area contributed by atoms with E-state index in [1.54, 1.807) is 18.3 Å². The summed E-state index contributed by atoms with van der Waals surface area (Å²) in [5, 5.41) is 8.90. The van der Waals surface area contributed by atoms with Crippen LogP contribution in [0.2, 0.25) is 0 Å². The van der Waals surface area contributed by atoms with Crippen LogP contribution in [0.15, 0.2) is 34.9 Å². The third kappa shape index (κ3) is 3.38. The lowest BCUT2D eigenvalue weighted by Gasteiger charge is -2.13. The third-order valence-corrected chi connectivity index (χ3v) is 2.74. The van der Waals surface area contributed by atoms with Gasteiger partial charge in [-0.05, 0) is 18.2 Å². The normalized spacial score (nSPS) is 11.3. The van der Waals surface area contributed by atoms with Crippen molar-refractivity contribution in [2.75, 3.05) is 0 Å². The van der Waals surface area contributed by atoms with E-state index in [-0.39, 0.29) is 17.6 Å². The van der Waals surface area contributed by atoms with Crippen molar-refractivity contribution in [3.8, 4) is 5.75 Å². The number of oxazole rings is 1. The van der Waals surface area contributed by atoms with Crippen LogP contribution in [0, 0.1) is 0 Å². The standard InChI is InChI=1S/C15H17NO4/c1-15(2,3)12-8-16-13(20-12)9-19-11-6-4-5-10(7-11)14(17)18/h4-8H,9H2,1-3H3,(H,17,18). The SMILES string of the molecule is CC(C)(C)c1cnc(COc2cccc(C(=O)O)c2)o1. The van der Waals surface area contributed by atoms with Crippen molar-refractivity contribution < 1.29 is 19.1 Å². The summed E-state index contributed by atoms with van der Waals surface area (Å²) in [5.74, 6) is 0.744. The van der Waals surface area contributed by atoms with E-state index in [2.05, 4.69) is 4.98 Å². The topological polar surface area (TPSA) is 72.6 Å². The van der Waals surface area contributed by atoms with Crippen LogP contribution in [0.4, 0.5) is 0 Å². The molecule has 0 aliphatic carbocycles. The summed E-state index contributed by atoms with van der Waals surface area (Å²) >= 11 is 0. The Morgan fingerprint density at radius 2 is 2.15 bits per heavy atom. The Labute approximate surface area is 117 Å². The first kappa shape index (κ1) is 14.1. The molecular formula is C15H17NO4. The first-order chi connectivity index (χ1) is 9.36. The molecule has 1 aromatic carbocycles. The van der Waals surface area contributed by atoms with Gasteiger partial charge in [0.05, 0.1) is 11.8 Å². The molecule has 0 bridgehead atoms. The average molecular weight is 275 g/mol. The van der Waals surface area contributed by atoms with Crippen LogP contribution in [-0.2, 0) is 12.0 Å². The summed E-state index contributed by atoms with van der Waals surface area (Å²) < 4.78 is 11.1. The molecule has 1 N–H and O–H groups in total. The van der Waals surface area contributed by atoms with Crippen molar-refractivity contribution >= 4 is 5.97 Å². The molecule has 2 rings (SSSR count). The summed E-state index contributed by atoms with van der Waals surface area (Å²) in [6.07, 6.45) is 1.69. The van der Waals surface area contributed by atoms with Gasteiger partial charge in [-0.25, -0.2) is 9.78 Å². The Bertz CT molecular complexity index is 610.